The summed E-state index contributed by atoms with van der Waals surface area (Å²) in [5, 5.41) is 8.05. The third-order valence-corrected chi connectivity index (χ3v) is 6.36. The molecule has 0 fully saturated rings. The highest BCUT2D eigenvalue weighted by Gasteiger charge is 2.43. The molecule has 0 bridgehead atoms. The molecular formula is C17H28N4S2. The van der Waals surface area contributed by atoms with Crippen molar-refractivity contribution in [3.63, 3.8) is 0 Å². The summed E-state index contributed by atoms with van der Waals surface area (Å²) in [6, 6.07) is 0.897. The quantitative estimate of drug-likeness (QED) is 0.836. The van der Waals surface area contributed by atoms with Gasteiger partial charge in [-0.25, -0.2) is 0 Å². The zero-order valence-electron chi connectivity index (χ0n) is 15.0. The van der Waals surface area contributed by atoms with Gasteiger partial charge in [0.2, 0.25) is 0 Å². The molecule has 1 N–H and O–H groups in total. The number of hydrogen-bond donors (Lipinski definition) is 1. The molecule has 128 valence electrons. The van der Waals surface area contributed by atoms with E-state index >= 15 is 0 Å². The molecule has 0 aromatic rings. The number of rotatable bonds is 4. The molecule has 2 atom stereocenters. The van der Waals surface area contributed by atoms with Crippen LogP contribution in [0.2, 0.25) is 0 Å². The van der Waals surface area contributed by atoms with Crippen molar-refractivity contribution in [1.29, 1.82) is 0 Å². The van der Waals surface area contributed by atoms with Crippen LogP contribution in [0.1, 0.15) is 41.5 Å². The van der Waals surface area contributed by atoms with Crippen LogP contribution in [0.15, 0.2) is 21.1 Å². The Morgan fingerprint density at radius 3 is 2.65 bits per heavy atom. The summed E-state index contributed by atoms with van der Waals surface area (Å²) in [4.78, 5) is 12.1. The van der Waals surface area contributed by atoms with E-state index in [2.05, 4.69) is 62.2 Å². The summed E-state index contributed by atoms with van der Waals surface area (Å²) in [5.74, 6) is 2.13. The molecule has 0 saturated heterocycles. The topological polar surface area (TPSA) is 40.0 Å². The average molecular weight is 353 g/mol. The van der Waals surface area contributed by atoms with Gasteiger partial charge in [0.05, 0.1) is 24.2 Å². The van der Waals surface area contributed by atoms with Crippen molar-refractivity contribution in [1.82, 2.24) is 10.2 Å². The second-order valence-corrected chi connectivity index (χ2v) is 9.70. The highest BCUT2D eigenvalue weighted by Crippen LogP contribution is 2.41. The third-order valence-electron chi connectivity index (χ3n) is 4.51. The second kappa shape index (κ2) is 6.36. The number of thioether (sulfide) groups is 2. The van der Waals surface area contributed by atoms with Crippen LogP contribution in [0.3, 0.4) is 0 Å². The van der Waals surface area contributed by atoms with Crippen LogP contribution in [0.5, 0.6) is 0 Å². The van der Waals surface area contributed by atoms with Crippen LogP contribution < -0.4 is 5.32 Å². The summed E-state index contributed by atoms with van der Waals surface area (Å²) in [6.45, 7) is 14.5. The third kappa shape index (κ3) is 3.43. The molecule has 0 amide bonds. The fourth-order valence-electron chi connectivity index (χ4n) is 3.33. The largest absolute Gasteiger partial charge is 0.358 e. The molecule has 3 aliphatic rings. The van der Waals surface area contributed by atoms with E-state index in [9.17, 15) is 0 Å². The predicted octanol–water partition coefficient (Wildman–Crippen LogP) is 3.77. The lowest BCUT2D eigenvalue weighted by molar-refractivity contribution is 0.251. The minimum Gasteiger partial charge on any atom is -0.358 e. The zero-order chi connectivity index (χ0) is 16.8. The fraction of sp³-hybridized carbons (Fsp3) is 0.765. The van der Waals surface area contributed by atoms with Gasteiger partial charge in [0.1, 0.15) is 0 Å². The second-order valence-electron chi connectivity index (χ2n) is 7.90. The molecular weight excluding hydrogens is 324 g/mol. The van der Waals surface area contributed by atoms with Gasteiger partial charge in [0.15, 0.2) is 10.3 Å². The van der Waals surface area contributed by atoms with Gasteiger partial charge in [-0.2, -0.15) is 0 Å². The van der Waals surface area contributed by atoms with Gasteiger partial charge in [-0.05, 0) is 31.1 Å². The number of fused-ring (bicyclic) bond motifs is 1. The van der Waals surface area contributed by atoms with Crippen molar-refractivity contribution in [2.75, 3.05) is 12.3 Å². The first-order chi connectivity index (χ1) is 10.8. The number of nitrogens with one attached hydrogen (secondary N) is 1. The highest BCUT2D eigenvalue weighted by molar-refractivity contribution is 8.17. The number of aliphatic imine (C=N–C) groups is 2. The van der Waals surface area contributed by atoms with E-state index in [4.69, 9.17) is 4.99 Å². The maximum atomic E-state index is 5.00. The van der Waals surface area contributed by atoms with Crippen molar-refractivity contribution in [2.45, 2.75) is 59.2 Å². The summed E-state index contributed by atoms with van der Waals surface area (Å²) in [6.07, 6.45) is 0. The van der Waals surface area contributed by atoms with Crippen molar-refractivity contribution in [3.8, 4) is 0 Å². The first kappa shape index (κ1) is 17.2. The van der Waals surface area contributed by atoms with Crippen molar-refractivity contribution in [3.05, 3.63) is 11.1 Å². The van der Waals surface area contributed by atoms with Crippen molar-refractivity contribution < 1.29 is 0 Å². The molecule has 0 saturated carbocycles. The van der Waals surface area contributed by atoms with E-state index in [1.165, 1.54) is 10.9 Å². The van der Waals surface area contributed by atoms with E-state index in [-0.39, 0.29) is 5.54 Å². The van der Waals surface area contributed by atoms with Gasteiger partial charge < -0.3 is 10.2 Å². The predicted molar refractivity (Wildman–Crippen MR) is 104 cm³/mol. The van der Waals surface area contributed by atoms with Crippen LogP contribution >= 0.6 is 23.5 Å². The SMILES string of the molecule is CC(C)C1N=C2SC=C(CSC3=NCC(C)(C)N3)N2C1C(C)C. The van der Waals surface area contributed by atoms with Gasteiger partial charge in [0.25, 0.3) is 0 Å². The first-order valence-electron chi connectivity index (χ1n) is 8.46. The van der Waals surface area contributed by atoms with E-state index in [0.717, 1.165) is 17.5 Å². The molecule has 4 nitrogen and oxygen atoms in total. The number of amidine groups is 2. The first-order valence-corrected chi connectivity index (χ1v) is 10.3. The monoisotopic (exact) mass is 352 g/mol. The van der Waals surface area contributed by atoms with Gasteiger partial charge in [-0.15, -0.1) is 0 Å². The van der Waals surface area contributed by atoms with Crippen LogP contribution in [0.25, 0.3) is 0 Å². The molecule has 0 aliphatic carbocycles. The minimum atomic E-state index is 0.102. The Hall–Kier alpha value is -0.620. The molecule has 3 aliphatic heterocycles. The van der Waals surface area contributed by atoms with Crippen LogP contribution in [-0.4, -0.2) is 45.2 Å². The smallest absolute Gasteiger partial charge is 0.168 e. The zero-order valence-corrected chi connectivity index (χ0v) is 16.6. The molecule has 6 heteroatoms. The van der Waals surface area contributed by atoms with Gasteiger partial charge >= 0.3 is 0 Å². The summed E-state index contributed by atoms with van der Waals surface area (Å²) in [7, 11) is 0. The standard InChI is InChI=1S/C17H28N4S2/c1-10(2)13-14(11(3)4)21-12(8-23-16(21)19-13)7-22-15-18-9-17(5,6)20-15/h8,10-11,13-14H,7,9H2,1-6H3,(H,18,20). The molecule has 0 radical (unpaired) electrons. The molecule has 23 heavy (non-hydrogen) atoms. The maximum absolute atomic E-state index is 5.00. The Labute approximate surface area is 148 Å². The lowest BCUT2D eigenvalue weighted by atomic mass is 9.89. The molecule has 0 spiro atoms. The van der Waals surface area contributed by atoms with E-state index in [0.29, 0.717) is 23.9 Å². The van der Waals surface area contributed by atoms with Gasteiger partial charge in [-0.3, -0.25) is 9.98 Å². The number of hydrogen-bond acceptors (Lipinski definition) is 6. The van der Waals surface area contributed by atoms with Crippen LogP contribution in [0, 0.1) is 11.8 Å². The Bertz CT molecular complexity index is 563. The maximum Gasteiger partial charge on any atom is 0.168 e. The Morgan fingerprint density at radius 1 is 1.35 bits per heavy atom. The molecule has 3 rings (SSSR count). The molecule has 0 aromatic heterocycles. The van der Waals surface area contributed by atoms with E-state index in [1.807, 2.05) is 11.8 Å². The summed E-state index contributed by atoms with van der Waals surface area (Å²) in [5.41, 5.74) is 1.49. The Morgan fingerprint density at radius 2 is 2.09 bits per heavy atom. The van der Waals surface area contributed by atoms with Gasteiger partial charge in [0, 0.05) is 11.4 Å². The lowest BCUT2D eigenvalue weighted by Gasteiger charge is -2.33. The normalized spacial score (nSPS) is 28.9. The average Bonchev–Trinajstić information content (AvgIpc) is 3.09. The fourth-order valence-corrected chi connectivity index (χ4v) is 5.42. The van der Waals surface area contributed by atoms with Crippen molar-refractivity contribution >= 4 is 33.9 Å². The van der Waals surface area contributed by atoms with E-state index < -0.39 is 0 Å². The Balaban J connectivity index is 1.67. The molecule has 2 unspecified atom stereocenters. The van der Waals surface area contributed by atoms with Crippen molar-refractivity contribution in [2.24, 2.45) is 21.8 Å². The van der Waals surface area contributed by atoms with Crippen LogP contribution in [-0.2, 0) is 0 Å². The van der Waals surface area contributed by atoms with Crippen LogP contribution in [0.4, 0.5) is 0 Å². The lowest BCUT2D eigenvalue weighted by Crippen LogP contribution is -2.43. The molecule has 3 heterocycles. The molecule has 0 aromatic carbocycles. The summed E-state index contributed by atoms with van der Waals surface area (Å²) >= 11 is 3.60. The van der Waals surface area contributed by atoms with Gasteiger partial charge in [-0.1, -0.05) is 51.2 Å². The number of nitrogens with zero attached hydrogens (tertiary/aromatic N) is 3. The Kier molecular flexibility index (Phi) is 4.76. The minimum absolute atomic E-state index is 0.102. The summed E-state index contributed by atoms with van der Waals surface area (Å²) < 4.78 is 0. The highest BCUT2D eigenvalue weighted by atomic mass is 32.2. The van der Waals surface area contributed by atoms with E-state index in [1.54, 1.807) is 11.8 Å².